The molecule has 22 nitrogen and oxygen atoms in total. The van der Waals surface area contributed by atoms with Crippen LogP contribution >= 0.6 is 12.2 Å². The summed E-state index contributed by atoms with van der Waals surface area (Å²) in [6, 6.07) is 12.1. The van der Waals surface area contributed by atoms with Crippen molar-refractivity contribution in [2.24, 2.45) is 46.3 Å². The topological polar surface area (TPSA) is 292 Å². The molecule has 2 aromatic carbocycles. The number of phenols is 1. The number of phenolic OH excluding ortho intramolecular Hbond substituents is 1. The van der Waals surface area contributed by atoms with E-state index in [2.05, 4.69) is 72.3 Å². The van der Waals surface area contributed by atoms with E-state index in [9.17, 15) is 43.8 Å². The number of aromatic nitrogens is 3. The van der Waals surface area contributed by atoms with Gasteiger partial charge in [0, 0.05) is 91.6 Å². The number of nitrogens with one attached hydrogen (secondary N) is 4. The summed E-state index contributed by atoms with van der Waals surface area (Å²) in [7, 11) is 0. The number of nitrogens with zero attached hydrogens (tertiary/aromatic N) is 4. The summed E-state index contributed by atoms with van der Waals surface area (Å²) in [6.45, 7) is 14.6. The van der Waals surface area contributed by atoms with Crippen LogP contribution in [0.5, 0.6) is 5.75 Å². The van der Waals surface area contributed by atoms with E-state index >= 15 is 0 Å². The van der Waals surface area contributed by atoms with Crippen molar-refractivity contribution < 1.29 is 62.3 Å². The van der Waals surface area contributed by atoms with Crippen LogP contribution in [0.3, 0.4) is 0 Å². The first kappa shape index (κ1) is 69.0. The number of aromatic carboxylic acids is 1. The molecule has 0 spiro atoms. The third kappa shape index (κ3) is 16.6. The van der Waals surface area contributed by atoms with Gasteiger partial charge in [0.2, 0.25) is 11.8 Å². The van der Waals surface area contributed by atoms with E-state index in [0.29, 0.717) is 78.6 Å². The van der Waals surface area contributed by atoms with Gasteiger partial charge in [-0.3, -0.25) is 33.7 Å². The van der Waals surface area contributed by atoms with Crippen molar-refractivity contribution >= 4 is 69.6 Å². The molecule has 9 atom stereocenters. The van der Waals surface area contributed by atoms with Crippen LogP contribution in [-0.4, -0.2) is 142 Å². The molecule has 6 N–H and O–H groups in total. The Bertz CT molecular complexity index is 3660. The van der Waals surface area contributed by atoms with Gasteiger partial charge in [-0.2, -0.15) is 0 Å². The molecule has 10 rings (SSSR count). The smallest absolute Gasteiger partial charge is 0.336 e. The standard InChI is InChI=1S/C71H90N8O14S/c1-43(2)7-6-8-44(3)56-17-18-57-52-13-9-45-37-50(23-25-70(45,4)58(52)24-26-71(56,57)5)92-65(85)22-19-62(82)72-28-31-89-33-35-91-36-34-90-32-30-78-42-47(76-77-78)39-59(67(86)73-27-29-79-63(83)20-21-64(79)84)75-69(94)74-46-10-14-51(55(38-46)68(87)88)66-53-15-11-48(80)40-60(53)93-61-41-49(81)12-16-54(61)66/h9-12,14-16,20-21,38,40-44,50,52,56-59,80H,6-8,13,17-19,22-37,39H2,1-5H3,(H,72,82)(H,73,86)(H,87,88)(H2,74,75,94)/t44-,50+,52+,56-,57+,58+,59+,70+,71-/m1/s1. The number of carboxylic acids is 1. The molecule has 23 heteroatoms. The zero-order valence-corrected chi connectivity index (χ0v) is 55.4. The molecule has 3 saturated carbocycles. The van der Waals surface area contributed by atoms with Crippen LogP contribution in [0.2, 0.25) is 0 Å². The Hall–Kier alpha value is -7.86. The number of aromatic hydroxyl groups is 1. The number of carbonyl (C=O) groups is 6. The molecule has 3 heterocycles. The number of thiocarbonyl (C=S) groups is 1. The fourth-order valence-electron chi connectivity index (χ4n) is 15.8. The molecule has 504 valence electrons. The van der Waals surface area contributed by atoms with E-state index in [4.69, 9.17) is 35.6 Å². The van der Waals surface area contributed by atoms with Crippen molar-refractivity contribution in [3.63, 3.8) is 0 Å². The van der Waals surface area contributed by atoms with E-state index < -0.39 is 29.7 Å². The number of hydrogen-bond acceptors (Lipinski definition) is 16. The van der Waals surface area contributed by atoms with Crippen molar-refractivity contribution in [1.29, 1.82) is 0 Å². The van der Waals surface area contributed by atoms with Crippen LogP contribution in [0.15, 0.2) is 93.8 Å². The van der Waals surface area contributed by atoms with Gasteiger partial charge in [-0.15, -0.1) is 5.10 Å². The van der Waals surface area contributed by atoms with Crippen molar-refractivity contribution in [2.45, 2.75) is 143 Å². The maximum absolute atomic E-state index is 13.8. The third-order valence-electron chi connectivity index (χ3n) is 20.5. The predicted octanol–water partition coefficient (Wildman–Crippen LogP) is 9.40. The number of ether oxygens (including phenoxy) is 4. The fraction of sp³-hybridized carbons (Fsp3) is 0.549. The van der Waals surface area contributed by atoms with Gasteiger partial charge < -0.3 is 54.8 Å². The zero-order valence-electron chi connectivity index (χ0n) is 54.6. The molecule has 0 saturated heterocycles. The highest BCUT2D eigenvalue weighted by molar-refractivity contribution is 7.80. The predicted molar refractivity (Wildman–Crippen MR) is 357 cm³/mol. The monoisotopic (exact) mass is 1310 g/mol. The molecule has 4 amide bonds. The summed E-state index contributed by atoms with van der Waals surface area (Å²) in [6.07, 6.45) is 19.7. The normalized spacial score (nSPS) is 22.9. The minimum absolute atomic E-state index is 0.0198. The Kier molecular flexibility index (Phi) is 22.8. The van der Waals surface area contributed by atoms with Crippen LogP contribution in [0.25, 0.3) is 33.4 Å². The molecule has 3 aromatic rings. The highest BCUT2D eigenvalue weighted by atomic mass is 32.1. The number of hydrogen-bond donors (Lipinski definition) is 6. The summed E-state index contributed by atoms with van der Waals surface area (Å²) < 4.78 is 30.6. The van der Waals surface area contributed by atoms with Crippen LogP contribution < -0.4 is 26.7 Å². The lowest BCUT2D eigenvalue weighted by Gasteiger charge is -2.58. The molecule has 5 aliphatic carbocycles. The second kappa shape index (κ2) is 31.1. The number of benzene rings is 3. The highest BCUT2D eigenvalue weighted by Gasteiger charge is 2.59. The van der Waals surface area contributed by atoms with Crippen molar-refractivity contribution in [3.05, 3.63) is 106 Å². The average molecular weight is 1310 g/mol. The minimum atomic E-state index is -1.27. The third-order valence-corrected chi connectivity index (χ3v) is 20.7. The molecule has 0 unspecified atom stereocenters. The Morgan fingerprint density at radius 3 is 2.33 bits per heavy atom. The average Bonchev–Trinajstić information content (AvgIpc) is 1.41. The van der Waals surface area contributed by atoms with Crippen LogP contribution in [0.1, 0.15) is 134 Å². The van der Waals surface area contributed by atoms with E-state index in [-0.39, 0.29) is 108 Å². The number of carbonyl (C=O) groups excluding carboxylic acids is 5. The number of anilines is 1. The lowest BCUT2D eigenvalue weighted by Crippen LogP contribution is -2.51. The van der Waals surface area contributed by atoms with Gasteiger partial charge in [0.25, 0.3) is 11.8 Å². The minimum Gasteiger partial charge on any atom is -0.508 e. The van der Waals surface area contributed by atoms with E-state index in [0.717, 1.165) is 72.3 Å². The van der Waals surface area contributed by atoms with Crippen molar-refractivity contribution in [2.75, 3.05) is 64.6 Å². The van der Waals surface area contributed by atoms with Gasteiger partial charge in [0.05, 0.1) is 63.9 Å². The van der Waals surface area contributed by atoms with Crippen molar-refractivity contribution in [1.82, 2.24) is 35.8 Å². The Morgan fingerprint density at radius 2 is 1.56 bits per heavy atom. The van der Waals surface area contributed by atoms with Gasteiger partial charge in [0.15, 0.2) is 10.5 Å². The maximum atomic E-state index is 13.8. The molecule has 3 fully saturated rings. The van der Waals surface area contributed by atoms with Gasteiger partial charge in [-0.25, -0.2) is 9.48 Å². The molecular weight excluding hydrogens is 1220 g/mol. The van der Waals surface area contributed by atoms with Gasteiger partial charge in [0.1, 0.15) is 29.2 Å². The Balaban J connectivity index is 0.608. The number of fused-ring (bicyclic) bond motifs is 7. The Labute approximate surface area is 553 Å². The summed E-state index contributed by atoms with van der Waals surface area (Å²) in [5.41, 5.74) is 3.78. The number of carboxylic acid groups (broad SMARTS) is 1. The van der Waals surface area contributed by atoms with E-state index in [1.54, 1.807) is 35.1 Å². The number of allylic oxidation sites excluding steroid dienone is 1. The summed E-state index contributed by atoms with van der Waals surface area (Å²) >= 11 is 5.66. The fourth-order valence-corrected chi connectivity index (χ4v) is 16.0. The van der Waals surface area contributed by atoms with E-state index in [1.165, 1.54) is 80.9 Å². The number of esters is 1. The first-order valence-electron chi connectivity index (χ1n) is 33.4. The second-order valence-corrected chi connectivity index (χ2v) is 27.4. The van der Waals surface area contributed by atoms with Crippen LogP contribution in [-0.2, 0) is 55.9 Å². The lowest BCUT2D eigenvalue weighted by atomic mass is 9.47. The van der Waals surface area contributed by atoms with Crippen LogP contribution in [0, 0.1) is 46.3 Å². The molecule has 7 aliphatic rings. The number of amides is 4. The highest BCUT2D eigenvalue weighted by Crippen LogP contribution is 2.67. The number of imide groups is 1. The van der Waals surface area contributed by atoms with Crippen molar-refractivity contribution in [3.8, 4) is 28.2 Å². The largest absolute Gasteiger partial charge is 0.508 e. The molecule has 94 heavy (non-hydrogen) atoms. The molecule has 0 bridgehead atoms. The lowest BCUT2D eigenvalue weighted by molar-refractivity contribution is -0.152. The second-order valence-electron chi connectivity index (χ2n) is 27.0. The molecule has 0 radical (unpaired) electrons. The van der Waals surface area contributed by atoms with Gasteiger partial charge >= 0.3 is 11.9 Å². The molecule has 1 aromatic heterocycles. The van der Waals surface area contributed by atoms with E-state index in [1.807, 2.05) is 0 Å². The first-order valence-corrected chi connectivity index (χ1v) is 33.8. The zero-order chi connectivity index (χ0) is 66.7. The van der Waals surface area contributed by atoms with Gasteiger partial charge in [-0.05, 0) is 145 Å². The SMILES string of the molecule is CC(C)CCC[C@@H](C)[C@H]1CC[C@H]2[C@@H]3CC=C4C[C@@H](OC(=O)CCC(=O)NCCOCCOCCOCCn5cc(C[C@H](NC(=S)Nc6ccc(-c7c8ccc(=O)cc-8oc8cc(O)ccc78)c(C(=O)O)c6)C(=O)NCCN6C(=O)C=CC6=O)nn5)CC[C@]4(C)[C@H]3CC[C@]12C. The quantitative estimate of drug-likeness (QED) is 0.00601. The summed E-state index contributed by atoms with van der Waals surface area (Å²) in [5, 5.41) is 41.2. The summed E-state index contributed by atoms with van der Waals surface area (Å²) in [5.74, 6) is 1.42. The van der Waals surface area contributed by atoms with Crippen LogP contribution in [0.4, 0.5) is 5.69 Å². The Morgan fingerprint density at radius 1 is 0.809 bits per heavy atom. The van der Waals surface area contributed by atoms with Gasteiger partial charge in [-0.1, -0.05) is 76.8 Å². The first-order chi connectivity index (χ1) is 45.2. The molecule has 2 aliphatic heterocycles. The molecular formula is C71H90N8O14S. The number of rotatable bonds is 31. The maximum Gasteiger partial charge on any atom is 0.336 e. The summed E-state index contributed by atoms with van der Waals surface area (Å²) in [4.78, 5) is 90.0.